The van der Waals surface area contributed by atoms with Crippen molar-refractivity contribution in [2.75, 3.05) is 31.6 Å². The summed E-state index contributed by atoms with van der Waals surface area (Å²) in [5, 5.41) is 3.32. The average Bonchev–Trinajstić information content (AvgIpc) is 2.95. The third kappa shape index (κ3) is 7.44. The van der Waals surface area contributed by atoms with E-state index in [0.29, 0.717) is 27.9 Å². The number of halogens is 2. The van der Waals surface area contributed by atoms with E-state index in [1.807, 2.05) is 6.92 Å². The maximum absolute atomic E-state index is 14.0. The van der Waals surface area contributed by atoms with Crippen LogP contribution in [-0.4, -0.2) is 58.5 Å². The zero-order valence-electron chi connectivity index (χ0n) is 23.5. The van der Waals surface area contributed by atoms with Gasteiger partial charge in [-0.05, 0) is 57.2 Å². The van der Waals surface area contributed by atoms with E-state index < -0.39 is 34.4 Å². The number of methoxy groups -OCH3 is 2. The molecular formula is C29H33Cl2N3O6S. The van der Waals surface area contributed by atoms with Gasteiger partial charge in [-0.3, -0.25) is 13.9 Å². The smallest absolute Gasteiger partial charge is 0.264 e. The minimum Gasteiger partial charge on any atom is -0.493 e. The molecule has 0 fully saturated rings. The van der Waals surface area contributed by atoms with E-state index in [-0.39, 0.29) is 22.9 Å². The van der Waals surface area contributed by atoms with Crippen molar-refractivity contribution in [1.29, 1.82) is 0 Å². The Labute approximate surface area is 251 Å². The van der Waals surface area contributed by atoms with Gasteiger partial charge in [0.15, 0.2) is 11.5 Å². The van der Waals surface area contributed by atoms with E-state index in [0.717, 1.165) is 9.87 Å². The Bertz CT molecular complexity index is 1480. The van der Waals surface area contributed by atoms with Crippen LogP contribution in [0.3, 0.4) is 0 Å². The second kappa shape index (κ2) is 13.9. The molecule has 0 saturated carbocycles. The molecule has 0 saturated heterocycles. The molecule has 1 unspecified atom stereocenters. The number of carbonyl (C=O) groups excluding carboxylic acids is 2. The van der Waals surface area contributed by atoms with Crippen LogP contribution >= 0.6 is 23.2 Å². The van der Waals surface area contributed by atoms with Gasteiger partial charge in [0.1, 0.15) is 12.6 Å². The molecule has 3 aromatic carbocycles. The maximum atomic E-state index is 14.0. The molecule has 220 valence electrons. The Balaban J connectivity index is 2.12. The Morgan fingerprint density at radius 3 is 2.12 bits per heavy atom. The number of ether oxygens (including phenoxy) is 2. The van der Waals surface area contributed by atoms with Crippen LogP contribution in [-0.2, 0) is 26.2 Å². The SMILES string of the molecule is CCNC(=O)C(C)N(Cc1c(Cl)cccc1Cl)C(=O)CN(c1ccc(OC)c(OC)c1)S(=O)(=O)c1ccc(C)cc1. The number of likely N-dealkylation sites (N-methyl/N-ethyl adjacent to an activating group) is 1. The number of carbonyl (C=O) groups is 2. The van der Waals surface area contributed by atoms with Crippen LogP contribution in [0.4, 0.5) is 5.69 Å². The minimum atomic E-state index is -4.25. The maximum Gasteiger partial charge on any atom is 0.264 e. The number of aryl methyl sites for hydroxylation is 1. The summed E-state index contributed by atoms with van der Waals surface area (Å²) in [6.07, 6.45) is 0. The second-order valence-corrected chi connectivity index (χ2v) is 11.8. The number of nitrogens with zero attached hydrogens (tertiary/aromatic N) is 2. The summed E-state index contributed by atoms with van der Waals surface area (Å²) in [7, 11) is -1.37. The molecule has 0 bridgehead atoms. The van der Waals surface area contributed by atoms with E-state index >= 15 is 0 Å². The number of nitrogens with one attached hydrogen (secondary N) is 1. The van der Waals surface area contributed by atoms with Crippen LogP contribution in [0.15, 0.2) is 65.6 Å². The highest BCUT2D eigenvalue weighted by atomic mass is 35.5. The quantitative estimate of drug-likeness (QED) is 0.303. The van der Waals surface area contributed by atoms with Gasteiger partial charge in [-0.25, -0.2) is 8.42 Å². The van der Waals surface area contributed by atoms with E-state index in [9.17, 15) is 18.0 Å². The molecule has 3 rings (SSSR count). The van der Waals surface area contributed by atoms with Crippen molar-refractivity contribution >= 4 is 50.7 Å². The molecule has 41 heavy (non-hydrogen) atoms. The first-order valence-corrected chi connectivity index (χ1v) is 15.0. The fourth-order valence-electron chi connectivity index (χ4n) is 4.10. The third-order valence-corrected chi connectivity index (χ3v) is 8.95. The molecule has 0 spiro atoms. The van der Waals surface area contributed by atoms with Crippen molar-refractivity contribution in [3.63, 3.8) is 0 Å². The van der Waals surface area contributed by atoms with Crippen LogP contribution in [0, 0.1) is 6.92 Å². The average molecular weight is 623 g/mol. The second-order valence-electron chi connectivity index (χ2n) is 9.16. The Hall–Kier alpha value is -3.47. The highest BCUT2D eigenvalue weighted by Crippen LogP contribution is 2.34. The molecular weight excluding hydrogens is 589 g/mol. The van der Waals surface area contributed by atoms with E-state index in [1.165, 1.54) is 43.4 Å². The number of anilines is 1. The van der Waals surface area contributed by atoms with Crippen molar-refractivity contribution in [3.8, 4) is 11.5 Å². The molecule has 1 N–H and O–H groups in total. The molecule has 3 aromatic rings. The van der Waals surface area contributed by atoms with Crippen LogP contribution in [0.5, 0.6) is 11.5 Å². The highest BCUT2D eigenvalue weighted by molar-refractivity contribution is 7.92. The number of hydrogen-bond donors (Lipinski definition) is 1. The lowest BCUT2D eigenvalue weighted by Crippen LogP contribution is -2.51. The predicted molar refractivity (Wildman–Crippen MR) is 160 cm³/mol. The molecule has 1 atom stereocenters. The van der Waals surface area contributed by atoms with Crippen LogP contribution in [0.25, 0.3) is 0 Å². The molecule has 12 heteroatoms. The normalized spacial score (nSPS) is 11.9. The van der Waals surface area contributed by atoms with E-state index in [1.54, 1.807) is 50.2 Å². The Kier molecular flexibility index (Phi) is 10.9. The first-order chi connectivity index (χ1) is 19.4. The monoisotopic (exact) mass is 621 g/mol. The van der Waals surface area contributed by atoms with Crippen LogP contribution in [0.1, 0.15) is 25.0 Å². The van der Waals surface area contributed by atoms with Gasteiger partial charge in [-0.1, -0.05) is 47.0 Å². The molecule has 2 amide bonds. The third-order valence-electron chi connectivity index (χ3n) is 6.45. The number of amides is 2. The largest absolute Gasteiger partial charge is 0.493 e. The van der Waals surface area contributed by atoms with Gasteiger partial charge in [0.2, 0.25) is 11.8 Å². The van der Waals surface area contributed by atoms with Gasteiger partial charge < -0.3 is 19.7 Å². The fraction of sp³-hybridized carbons (Fsp3) is 0.310. The van der Waals surface area contributed by atoms with Gasteiger partial charge in [-0.2, -0.15) is 0 Å². The summed E-state index contributed by atoms with van der Waals surface area (Å²) in [5.41, 5.74) is 1.47. The summed E-state index contributed by atoms with van der Waals surface area (Å²) in [6, 6.07) is 14.8. The van der Waals surface area contributed by atoms with Crippen molar-refractivity contribution in [3.05, 3.63) is 81.8 Å². The van der Waals surface area contributed by atoms with E-state index in [4.69, 9.17) is 32.7 Å². The lowest BCUT2D eigenvalue weighted by atomic mass is 10.1. The van der Waals surface area contributed by atoms with Gasteiger partial charge in [-0.15, -0.1) is 0 Å². The van der Waals surface area contributed by atoms with Gasteiger partial charge >= 0.3 is 0 Å². The van der Waals surface area contributed by atoms with Crippen molar-refractivity contribution in [2.45, 2.75) is 38.3 Å². The zero-order chi connectivity index (χ0) is 30.3. The fourth-order valence-corrected chi connectivity index (χ4v) is 6.03. The Morgan fingerprint density at radius 1 is 0.951 bits per heavy atom. The zero-order valence-corrected chi connectivity index (χ0v) is 25.8. The predicted octanol–water partition coefficient (Wildman–Crippen LogP) is 5.07. The summed E-state index contributed by atoms with van der Waals surface area (Å²) in [6.45, 7) is 4.75. The molecule has 0 aromatic heterocycles. The molecule has 0 heterocycles. The molecule has 9 nitrogen and oxygen atoms in total. The lowest BCUT2D eigenvalue weighted by molar-refractivity contribution is -0.139. The topological polar surface area (TPSA) is 105 Å². The van der Waals surface area contributed by atoms with Gasteiger partial charge in [0, 0.05) is 34.8 Å². The lowest BCUT2D eigenvalue weighted by Gasteiger charge is -2.32. The van der Waals surface area contributed by atoms with Crippen molar-refractivity contribution < 1.29 is 27.5 Å². The van der Waals surface area contributed by atoms with Gasteiger partial charge in [0.05, 0.1) is 24.8 Å². The number of hydrogen-bond acceptors (Lipinski definition) is 6. The van der Waals surface area contributed by atoms with Gasteiger partial charge in [0.25, 0.3) is 10.0 Å². The number of sulfonamides is 1. The summed E-state index contributed by atoms with van der Waals surface area (Å²) >= 11 is 12.8. The molecule has 0 aliphatic heterocycles. The van der Waals surface area contributed by atoms with Crippen LogP contribution in [0.2, 0.25) is 10.0 Å². The molecule has 0 aliphatic rings. The molecule has 0 radical (unpaired) electrons. The first-order valence-electron chi connectivity index (χ1n) is 12.8. The Morgan fingerprint density at radius 2 is 1.56 bits per heavy atom. The van der Waals surface area contributed by atoms with Crippen molar-refractivity contribution in [1.82, 2.24) is 10.2 Å². The first kappa shape index (κ1) is 32.0. The minimum absolute atomic E-state index is 0.0110. The highest BCUT2D eigenvalue weighted by Gasteiger charge is 2.33. The van der Waals surface area contributed by atoms with Crippen LogP contribution < -0.4 is 19.1 Å². The standard InChI is InChI=1S/C29H33Cl2N3O6S/c1-6-32-29(36)20(3)33(17-23-24(30)8-7-9-25(23)31)28(35)18-34(21-12-15-26(39-4)27(16-21)40-5)41(37,38)22-13-10-19(2)11-14-22/h7-16,20H,6,17-18H2,1-5H3,(H,32,36). The molecule has 0 aliphatic carbocycles. The summed E-state index contributed by atoms with van der Waals surface area (Å²) in [4.78, 5) is 28.1. The van der Waals surface area contributed by atoms with E-state index in [2.05, 4.69) is 5.32 Å². The van der Waals surface area contributed by atoms with Crippen molar-refractivity contribution in [2.24, 2.45) is 0 Å². The number of rotatable bonds is 12. The summed E-state index contributed by atoms with van der Waals surface area (Å²) < 4.78 is 39.7. The summed E-state index contributed by atoms with van der Waals surface area (Å²) in [5.74, 6) is -0.402. The number of benzene rings is 3.